The van der Waals surface area contributed by atoms with Crippen LogP contribution < -0.4 is 5.32 Å². The summed E-state index contributed by atoms with van der Waals surface area (Å²) in [6.07, 6.45) is 1.33. The number of carbonyl (C=O) groups is 1. The normalized spacial score (nSPS) is 10.2. The zero-order valence-corrected chi connectivity index (χ0v) is 9.90. The highest BCUT2D eigenvalue weighted by Crippen LogP contribution is 2.25. The molecule has 0 saturated heterocycles. The summed E-state index contributed by atoms with van der Waals surface area (Å²) < 4.78 is 1.48. The van der Waals surface area contributed by atoms with E-state index in [1.165, 1.54) is 35.2 Å². The Morgan fingerprint density at radius 1 is 1.42 bits per heavy atom. The van der Waals surface area contributed by atoms with Gasteiger partial charge in [-0.05, 0) is 34.2 Å². The summed E-state index contributed by atoms with van der Waals surface area (Å²) in [5.41, 5.74) is 0.682. The Hall–Kier alpha value is -2.90. The van der Waals surface area contributed by atoms with Crippen LogP contribution in [-0.2, 0) is 7.05 Å². The highest BCUT2D eigenvalue weighted by Gasteiger charge is 2.20. The molecule has 0 aliphatic rings. The van der Waals surface area contributed by atoms with E-state index in [-0.39, 0.29) is 17.2 Å². The van der Waals surface area contributed by atoms with Gasteiger partial charge in [-0.1, -0.05) is 0 Å². The van der Waals surface area contributed by atoms with Gasteiger partial charge in [0.15, 0.2) is 0 Å². The van der Waals surface area contributed by atoms with Crippen molar-refractivity contribution in [2.45, 2.75) is 0 Å². The second-order valence-corrected chi connectivity index (χ2v) is 3.79. The lowest BCUT2D eigenvalue weighted by atomic mass is 10.2. The van der Waals surface area contributed by atoms with E-state index < -0.39 is 10.9 Å². The van der Waals surface area contributed by atoms with Crippen LogP contribution in [0.3, 0.4) is 0 Å². The standard InChI is InChI=1S/C11H10N4O4/c1-14-6-12-9(15(18)19)10(14)13-8-4-2-7(3-5-8)11(16)17/h2-6,13H,1H3,(H,16,17). The number of nitrogens with zero attached hydrogens (tertiary/aromatic N) is 3. The van der Waals surface area contributed by atoms with Crippen LogP contribution in [0.5, 0.6) is 0 Å². The number of aryl methyl sites for hydroxylation is 1. The van der Waals surface area contributed by atoms with Crippen molar-refractivity contribution in [1.82, 2.24) is 9.55 Å². The van der Waals surface area contributed by atoms with Crippen LogP contribution in [0.1, 0.15) is 10.4 Å². The fraction of sp³-hybridized carbons (Fsp3) is 0.0909. The monoisotopic (exact) mass is 262 g/mol. The number of rotatable bonds is 4. The Labute approximate surface area is 107 Å². The molecule has 0 radical (unpaired) electrons. The lowest BCUT2D eigenvalue weighted by molar-refractivity contribution is -0.388. The molecular weight excluding hydrogens is 252 g/mol. The third kappa shape index (κ3) is 2.51. The highest BCUT2D eigenvalue weighted by molar-refractivity contribution is 5.88. The number of aromatic nitrogens is 2. The van der Waals surface area contributed by atoms with Crippen molar-refractivity contribution in [3.05, 3.63) is 46.3 Å². The lowest BCUT2D eigenvalue weighted by Crippen LogP contribution is -2.01. The van der Waals surface area contributed by atoms with Crippen molar-refractivity contribution in [2.75, 3.05) is 5.32 Å². The molecule has 2 aromatic rings. The van der Waals surface area contributed by atoms with Crippen molar-refractivity contribution in [1.29, 1.82) is 0 Å². The smallest absolute Gasteiger partial charge is 0.406 e. The van der Waals surface area contributed by atoms with E-state index >= 15 is 0 Å². The van der Waals surface area contributed by atoms with Crippen LogP contribution >= 0.6 is 0 Å². The minimum Gasteiger partial charge on any atom is -0.478 e. The van der Waals surface area contributed by atoms with Gasteiger partial charge in [-0.2, -0.15) is 0 Å². The minimum atomic E-state index is -1.03. The van der Waals surface area contributed by atoms with Gasteiger partial charge in [-0.3, -0.25) is 4.57 Å². The average Bonchev–Trinajstić information content (AvgIpc) is 2.72. The second kappa shape index (κ2) is 4.77. The van der Waals surface area contributed by atoms with E-state index in [0.717, 1.165) is 0 Å². The molecule has 98 valence electrons. The van der Waals surface area contributed by atoms with E-state index in [4.69, 9.17) is 5.11 Å². The number of aromatic carboxylic acids is 1. The Kier molecular flexibility index (Phi) is 3.15. The third-order valence-corrected chi connectivity index (χ3v) is 2.49. The quantitative estimate of drug-likeness (QED) is 0.641. The Bertz CT molecular complexity index is 633. The summed E-state index contributed by atoms with van der Waals surface area (Å²) >= 11 is 0. The number of hydrogen-bond acceptors (Lipinski definition) is 5. The summed E-state index contributed by atoms with van der Waals surface area (Å²) in [5.74, 6) is -1.09. The van der Waals surface area contributed by atoms with Gasteiger partial charge < -0.3 is 20.5 Å². The number of nitro groups is 1. The molecule has 1 heterocycles. The molecule has 1 aromatic carbocycles. The van der Waals surface area contributed by atoms with Gasteiger partial charge in [-0.15, -0.1) is 0 Å². The molecule has 2 N–H and O–H groups in total. The van der Waals surface area contributed by atoms with E-state index in [2.05, 4.69) is 10.3 Å². The van der Waals surface area contributed by atoms with Crippen LogP contribution in [0.4, 0.5) is 17.3 Å². The molecule has 8 heteroatoms. The van der Waals surface area contributed by atoms with Gasteiger partial charge in [-0.25, -0.2) is 4.79 Å². The first-order valence-corrected chi connectivity index (χ1v) is 5.25. The molecule has 2 rings (SSSR count). The molecule has 8 nitrogen and oxygen atoms in total. The van der Waals surface area contributed by atoms with Gasteiger partial charge >= 0.3 is 11.8 Å². The fourth-order valence-electron chi connectivity index (χ4n) is 1.53. The number of carboxylic acid groups (broad SMARTS) is 1. The molecule has 1 aromatic heterocycles. The van der Waals surface area contributed by atoms with Crippen LogP contribution in [0.15, 0.2) is 30.6 Å². The molecular formula is C11H10N4O4. The largest absolute Gasteiger partial charge is 0.478 e. The molecule has 0 amide bonds. The molecule has 0 saturated carbocycles. The maximum Gasteiger partial charge on any atom is 0.406 e. The molecule has 19 heavy (non-hydrogen) atoms. The second-order valence-electron chi connectivity index (χ2n) is 3.79. The van der Waals surface area contributed by atoms with Crippen LogP contribution in [0.25, 0.3) is 0 Å². The number of hydrogen-bond donors (Lipinski definition) is 2. The molecule has 0 bridgehead atoms. The van der Waals surface area contributed by atoms with Crippen LogP contribution in [0, 0.1) is 10.1 Å². The van der Waals surface area contributed by atoms with Crippen molar-refractivity contribution < 1.29 is 14.8 Å². The topological polar surface area (TPSA) is 110 Å². The summed E-state index contributed by atoms with van der Waals surface area (Å²) in [7, 11) is 1.62. The molecule has 0 unspecified atom stereocenters. The molecule has 0 aliphatic carbocycles. The van der Waals surface area contributed by atoms with Crippen molar-refractivity contribution >= 4 is 23.3 Å². The number of nitrogens with one attached hydrogen (secondary N) is 1. The fourth-order valence-corrected chi connectivity index (χ4v) is 1.53. The number of benzene rings is 1. The number of anilines is 2. The zero-order chi connectivity index (χ0) is 14.0. The predicted octanol–water partition coefficient (Wildman–Crippen LogP) is 1.77. The Morgan fingerprint density at radius 2 is 2.05 bits per heavy atom. The number of imidazole rings is 1. The summed E-state index contributed by atoms with van der Waals surface area (Å²) in [5, 5.41) is 22.4. The summed E-state index contributed by atoms with van der Waals surface area (Å²) in [6.45, 7) is 0. The SMILES string of the molecule is Cn1cnc([N+](=O)[O-])c1Nc1ccc(C(=O)O)cc1. The molecule has 0 atom stereocenters. The predicted molar refractivity (Wildman–Crippen MR) is 66.5 cm³/mol. The summed E-state index contributed by atoms with van der Waals surface area (Å²) in [4.78, 5) is 24.6. The zero-order valence-electron chi connectivity index (χ0n) is 9.90. The third-order valence-electron chi connectivity index (χ3n) is 2.49. The van der Waals surface area contributed by atoms with Crippen LogP contribution in [0.2, 0.25) is 0 Å². The van der Waals surface area contributed by atoms with Crippen LogP contribution in [-0.4, -0.2) is 25.6 Å². The van der Waals surface area contributed by atoms with Gasteiger partial charge in [0, 0.05) is 12.7 Å². The molecule has 0 spiro atoms. The Morgan fingerprint density at radius 3 is 2.58 bits per heavy atom. The summed E-state index contributed by atoms with van der Waals surface area (Å²) in [6, 6.07) is 5.88. The van der Waals surface area contributed by atoms with Gasteiger partial charge in [0.1, 0.15) is 0 Å². The first-order chi connectivity index (χ1) is 8.99. The van der Waals surface area contributed by atoms with E-state index in [0.29, 0.717) is 5.69 Å². The van der Waals surface area contributed by atoms with Gasteiger partial charge in [0.25, 0.3) is 0 Å². The van der Waals surface area contributed by atoms with Gasteiger partial charge in [0.2, 0.25) is 12.1 Å². The first kappa shape index (κ1) is 12.6. The Balaban J connectivity index is 2.28. The molecule has 0 fully saturated rings. The van der Waals surface area contributed by atoms with Crippen molar-refractivity contribution in [3.63, 3.8) is 0 Å². The average molecular weight is 262 g/mol. The van der Waals surface area contributed by atoms with Gasteiger partial charge in [0.05, 0.1) is 5.56 Å². The number of carboxylic acids is 1. The van der Waals surface area contributed by atoms with E-state index in [1.54, 1.807) is 7.05 Å². The lowest BCUT2D eigenvalue weighted by Gasteiger charge is -2.06. The van der Waals surface area contributed by atoms with E-state index in [9.17, 15) is 14.9 Å². The maximum absolute atomic E-state index is 10.8. The molecule has 0 aliphatic heterocycles. The van der Waals surface area contributed by atoms with Crippen molar-refractivity contribution in [2.24, 2.45) is 7.05 Å². The maximum atomic E-state index is 10.8. The first-order valence-electron chi connectivity index (χ1n) is 5.25. The van der Waals surface area contributed by atoms with E-state index in [1.807, 2.05) is 0 Å². The minimum absolute atomic E-state index is 0.144. The highest BCUT2D eigenvalue weighted by atomic mass is 16.6. The van der Waals surface area contributed by atoms with Crippen molar-refractivity contribution in [3.8, 4) is 0 Å².